The van der Waals surface area contributed by atoms with Gasteiger partial charge >= 0.3 is 0 Å². The van der Waals surface area contributed by atoms with Crippen LogP contribution in [-0.4, -0.2) is 112 Å². The molecule has 0 bridgehead atoms. The maximum absolute atomic E-state index is 10.2. The van der Waals surface area contributed by atoms with Crippen molar-refractivity contribution in [3.63, 3.8) is 0 Å². The van der Waals surface area contributed by atoms with Crippen molar-refractivity contribution in [3.8, 4) is 0 Å². The molecule has 0 aromatic heterocycles. The molecule has 0 saturated carbocycles. The van der Waals surface area contributed by atoms with Crippen molar-refractivity contribution >= 4 is 0 Å². The lowest BCUT2D eigenvalue weighted by atomic mass is 9.98. The van der Waals surface area contributed by atoms with E-state index in [9.17, 15) is 30.6 Å². The lowest BCUT2D eigenvalue weighted by Crippen LogP contribution is -2.62. The summed E-state index contributed by atoms with van der Waals surface area (Å²) >= 11 is 0. The van der Waals surface area contributed by atoms with Gasteiger partial charge in [0.05, 0.1) is 6.61 Å². The summed E-state index contributed by atoms with van der Waals surface area (Å²) in [6.45, 7) is 2.04. The molecule has 8 N–H and O–H groups in total. The summed E-state index contributed by atoms with van der Waals surface area (Å²) in [6, 6.07) is 0. The first kappa shape index (κ1) is 26.8. The van der Waals surface area contributed by atoms with E-state index in [0.717, 1.165) is 32.1 Å². The minimum absolute atomic E-state index is 0.105. The monoisotopic (exact) mass is 453 g/mol. The van der Waals surface area contributed by atoms with E-state index in [-0.39, 0.29) is 13.2 Å². The molecule has 2 saturated heterocycles. The molecule has 10 atom stereocenters. The Bertz CT molecular complexity index is 499. The molecule has 2 aliphatic rings. The smallest absolute Gasteiger partial charge is 0.186 e. The minimum atomic E-state index is -1.55. The van der Waals surface area contributed by atoms with Gasteiger partial charge in [0.25, 0.3) is 0 Å². The average Bonchev–Trinajstić information content (AvgIpc) is 2.77. The van der Waals surface area contributed by atoms with Crippen molar-refractivity contribution in [2.24, 2.45) is 5.73 Å². The van der Waals surface area contributed by atoms with Gasteiger partial charge in [-0.2, -0.15) is 0 Å². The van der Waals surface area contributed by atoms with E-state index in [1.54, 1.807) is 0 Å². The van der Waals surface area contributed by atoms with Gasteiger partial charge in [0.15, 0.2) is 12.6 Å². The molecule has 0 spiro atoms. The highest BCUT2D eigenvalue weighted by atomic mass is 16.7. The highest BCUT2D eigenvalue weighted by Crippen LogP contribution is 2.26. The van der Waals surface area contributed by atoms with E-state index < -0.39 is 61.4 Å². The molecule has 2 rings (SSSR count). The Kier molecular flexibility index (Phi) is 11.5. The van der Waals surface area contributed by atoms with Crippen LogP contribution in [0.25, 0.3) is 0 Å². The number of aliphatic hydroxyl groups is 6. The molecule has 2 fully saturated rings. The van der Waals surface area contributed by atoms with Gasteiger partial charge in [0, 0.05) is 13.2 Å². The number of unbranched alkanes of at least 4 members (excludes halogenated alkanes) is 5. The van der Waals surface area contributed by atoms with Crippen LogP contribution in [0, 0.1) is 0 Å². The molecular formula is C20H39NO10. The molecule has 0 unspecified atom stereocenters. The zero-order valence-corrected chi connectivity index (χ0v) is 18.0. The van der Waals surface area contributed by atoms with E-state index in [1.807, 2.05) is 0 Å². The van der Waals surface area contributed by atoms with Gasteiger partial charge < -0.3 is 55.3 Å². The first-order valence-corrected chi connectivity index (χ1v) is 11.1. The lowest BCUT2D eigenvalue weighted by molar-refractivity contribution is -0.328. The van der Waals surface area contributed by atoms with Gasteiger partial charge in [-0.1, -0.05) is 39.0 Å². The van der Waals surface area contributed by atoms with Crippen LogP contribution in [0.3, 0.4) is 0 Å². The van der Waals surface area contributed by atoms with Gasteiger partial charge in [-0.3, -0.25) is 0 Å². The molecular weight excluding hydrogens is 414 g/mol. The first-order valence-electron chi connectivity index (χ1n) is 11.1. The molecule has 184 valence electrons. The number of hydrogen-bond donors (Lipinski definition) is 7. The van der Waals surface area contributed by atoms with Crippen LogP contribution in [0.1, 0.15) is 45.4 Å². The molecule has 0 radical (unpaired) electrons. The summed E-state index contributed by atoms with van der Waals surface area (Å²) < 4.78 is 21.9. The average molecular weight is 454 g/mol. The van der Waals surface area contributed by atoms with Crippen molar-refractivity contribution in [3.05, 3.63) is 0 Å². The molecule has 11 nitrogen and oxygen atoms in total. The van der Waals surface area contributed by atoms with E-state index >= 15 is 0 Å². The summed E-state index contributed by atoms with van der Waals surface area (Å²) in [5.74, 6) is 0. The lowest BCUT2D eigenvalue weighted by Gasteiger charge is -2.42. The van der Waals surface area contributed by atoms with Crippen LogP contribution in [0.5, 0.6) is 0 Å². The van der Waals surface area contributed by atoms with Crippen molar-refractivity contribution in [2.45, 2.75) is 107 Å². The second-order valence-corrected chi connectivity index (χ2v) is 8.24. The summed E-state index contributed by atoms with van der Waals surface area (Å²) in [5.41, 5.74) is 5.49. The standard InChI is InChI=1S/C20H39NO10/c1-2-3-4-5-6-7-8-28-19-17(26)16(25)14(23)12(31-19)10-29-20-18(27)15(24)13(22)11(9-21)30-20/h11-20,22-27H,2-10,21H2,1H3/t11-,12-,13-,14+,15+,16+,17+,18+,19+,20+/m1/s1. The number of hydrogen-bond acceptors (Lipinski definition) is 11. The zero-order chi connectivity index (χ0) is 23.0. The predicted molar refractivity (Wildman–Crippen MR) is 108 cm³/mol. The molecule has 0 aliphatic carbocycles. The van der Waals surface area contributed by atoms with E-state index in [4.69, 9.17) is 24.7 Å². The maximum atomic E-state index is 10.2. The van der Waals surface area contributed by atoms with Crippen LogP contribution < -0.4 is 5.73 Å². The Hall–Kier alpha value is -0.440. The predicted octanol–water partition coefficient (Wildman–Crippen LogP) is -2.05. The fraction of sp³-hybridized carbons (Fsp3) is 1.00. The Morgan fingerprint density at radius 1 is 0.645 bits per heavy atom. The normalized spacial score (nSPS) is 41.4. The van der Waals surface area contributed by atoms with Crippen LogP contribution in [-0.2, 0) is 18.9 Å². The Labute approximate surface area is 182 Å². The van der Waals surface area contributed by atoms with E-state index in [0.29, 0.717) is 6.61 Å². The highest BCUT2D eigenvalue weighted by Gasteiger charge is 2.47. The quantitative estimate of drug-likeness (QED) is 0.161. The van der Waals surface area contributed by atoms with Crippen molar-refractivity contribution in [1.29, 1.82) is 0 Å². The third-order valence-electron chi connectivity index (χ3n) is 5.77. The first-order chi connectivity index (χ1) is 14.8. The molecule has 31 heavy (non-hydrogen) atoms. The third-order valence-corrected chi connectivity index (χ3v) is 5.77. The van der Waals surface area contributed by atoms with Crippen molar-refractivity contribution in [1.82, 2.24) is 0 Å². The van der Waals surface area contributed by atoms with Gasteiger partial charge in [-0.05, 0) is 6.42 Å². The third kappa shape index (κ3) is 7.27. The van der Waals surface area contributed by atoms with E-state index in [2.05, 4.69) is 6.92 Å². The van der Waals surface area contributed by atoms with Crippen molar-refractivity contribution < 1.29 is 49.6 Å². The van der Waals surface area contributed by atoms with Crippen LogP contribution in [0.15, 0.2) is 0 Å². The van der Waals surface area contributed by atoms with Gasteiger partial charge in [0.2, 0.25) is 0 Å². The molecule has 2 heterocycles. The van der Waals surface area contributed by atoms with Crippen molar-refractivity contribution in [2.75, 3.05) is 19.8 Å². The number of nitrogens with two attached hydrogens (primary N) is 1. The topological polar surface area (TPSA) is 184 Å². The minimum Gasteiger partial charge on any atom is -0.388 e. The Morgan fingerprint density at radius 3 is 1.77 bits per heavy atom. The fourth-order valence-electron chi connectivity index (χ4n) is 3.71. The van der Waals surface area contributed by atoms with Crippen LogP contribution >= 0.6 is 0 Å². The zero-order valence-electron chi connectivity index (χ0n) is 18.0. The number of aliphatic hydroxyl groups excluding tert-OH is 6. The van der Waals surface area contributed by atoms with Crippen LogP contribution in [0.2, 0.25) is 0 Å². The summed E-state index contributed by atoms with van der Waals surface area (Å²) in [7, 11) is 0. The summed E-state index contributed by atoms with van der Waals surface area (Å²) in [6.07, 6.45) is -6.98. The maximum Gasteiger partial charge on any atom is 0.186 e. The number of ether oxygens (including phenoxy) is 4. The summed E-state index contributed by atoms with van der Waals surface area (Å²) in [4.78, 5) is 0. The van der Waals surface area contributed by atoms with Gasteiger partial charge in [-0.15, -0.1) is 0 Å². The number of rotatable bonds is 12. The molecule has 11 heteroatoms. The van der Waals surface area contributed by atoms with Gasteiger partial charge in [-0.25, -0.2) is 0 Å². The second-order valence-electron chi connectivity index (χ2n) is 8.24. The Morgan fingerprint density at radius 2 is 1.16 bits per heavy atom. The molecule has 2 aliphatic heterocycles. The van der Waals surface area contributed by atoms with E-state index in [1.165, 1.54) is 6.42 Å². The molecule has 0 aromatic carbocycles. The Balaban J connectivity index is 1.83. The highest BCUT2D eigenvalue weighted by molar-refractivity contribution is 4.91. The molecule has 0 amide bonds. The second kappa shape index (κ2) is 13.3. The van der Waals surface area contributed by atoms with Gasteiger partial charge in [0.1, 0.15) is 48.8 Å². The summed E-state index contributed by atoms with van der Waals surface area (Å²) in [5, 5.41) is 60.3. The largest absolute Gasteiger partial charge is 0.388 e. The van der Waals surface area contributed by atoms with Crippen LogP contribution in [0.4, 0.5) is 0 Å². The SMILES string of the molecule is CCCCCCCCO[C@H]1O[C@H](CO[C@H]2O[C@H](CN)[C@@H](O)[C@H](O)[C@@H]2O)[C@H](O)[C@H](O)[C@@H]1O. The fourth-order valence-corrected chi connectivity index (χ4v) is 3.71. The molecule has 0 aromatic rings.